The molecule has 0 spiro atoms. The first-order valence-corrected chi connectivity index (χ1v) is 4.80. The first-order chi connectivity index (χ1) is 4.29. The molecular weight excluding hydrogens is 177 g/mol. The predicted octanol–water partition coefficient (Wildman–Crippen LogP) is 0.805. The average Bonchev–Trinajstić information content (AvgIpc) is 2.15. The van der Waals surface area contributed by atoms with Crippen LogP contribution in [0, 0.1) is 0 Å². The molecule has 2 heteroatoms. The molecule has 0 amide bonds. The normalized spacial score (nSPS) is 10.6. The van der Waals surface area contributed by atoms with Crippen molar-refractivity contribution in [2.45, 2.75) is 6.54 Å². The van der Waals surface area contributed by atoms with Gasteiger partial charge in [0.25, 0.3) is 0 Å². The Hall–Kier alpha value is -0.0405. The summed E-state index contributed by atoms with van der Waals surface area (Å²) in [4.78, 5) is 4.46. The van der Waals surface area contributed by atoms with E-state index in [1.807, 2.05) is 0 Å². The summed E-state index contributed by atoms with van der Waals surface area (Å²) in [6, 6.07) is 4.37. The Kier molecular flexibility index (Phi) is 2.52. The van der Waals surface area contributed by atoms with E-state index in [-0.39, 0.29) is 0 Å². The van der Waals surface area contributed by atoms with Gasteiger partial charge in [0.05, 0.1) is 0 Å². The Labute approximate surface area is 62.0 Å². The molecule has 0 bridgehead atoms. The maximum atomic E-state index is 2.26. The van der Waals surface area contributed by atoms with Crippen LogP contribution in [0.4, 0.5) is 0 Å². The van der Waals surface area contributed by atoms with Crippen LogP contribution in [-0.2, 0) is 6.54 Å². The number of hydrogen-bond acceptors (Lipinski definition) is 1. The van der Waals surface area contributed by atoms with Crippen LogP contribution in [-0.4, -0.2) is 33.5 Å². The zero-order valence-corrected chi connectivity index (χ0v) is 7.51. The van der Waals surface area contributed by atoms with E-state index in [0.29, 0.717) is 14.5 Å². The van der Waals surface area contributed by atoms with E-state index >= 15 is 0 Å². The summed E-state index contributed by atoms with van der Waals surface area (Å²) in [5.74, 6) is 0. The van der Waals surface area contributed by atoms with E-state index < -0.39 is 0 Å². The summed E-state index contributed by atoms with van der Waals surface area (Å²) in [6.07, 6.45) is 0. The van der Waals surface area contributed by atoms with E-state index in [1.54, 1.807) is 4.44 Å². The molecule has 0 saturated carbocycles. The molecule has 0 N–H and O–H groups in total. The van der Waals surface area contributed by atoms with Gasteiger partial charge in [-0.05, 0) is 0 Å². The van der Waals surface area contributed by atoms with Gasteiger partial charge < -0.3 is 0 Å². The quantitative estimate of drug-likeness (QED) is 0.620. The van der Waals surface area contributed by atoms with Gasteiger partial charge in [0.1, 0.15) is 0 Å². The molecule has 0 radical (unpaired) electrons. The summed E-state index contributed by atoms with van der Waals surface area (Å²) in [5, 5.41) is 0. The van der Waals surface area contributed by atoms with Gasteiger partial charge in [-0.3, -0.25) is 0 Å². The third kappa shape index (κ3) is 2.35. The second kappa shape index (κ2) is 3.21. The van der Waals surface area contributed by atoms with E-state index in [4.69, 9.17) is 0 Å². The van der Waals surface area contributed by atoms with Crippen LogP contribution in [0.3, 0.4) is 0 Å². The predicted molar refractivity (Wildman–Crippen MR) is 40.8 cm³/mol. The van der Waals surface area contributed by atoms with Crippen molar-refractivity contribution >= 4 is 14.5 Å². The molecular formula is C7H11NSe. The van der Waals surface area contributed by atoms with Crippen LogP contribution in [0.1, 0.15) is 4.44 Å². The SMILES string of the molecule is CN(C)Cc1ccc[se]1. The Morgan fingerprint density at radius 1 is 1.56 bits per heavy atom. The maximum absolute atomic E-state index is 2.26. The second-order valence-corrected chi connectivity index (χ2v) is 4.48. The van der Waals surface area contributed by atoms with Crippen molar-refractivity contribution in [3.63, 3.8) is 0 Å². The number of hydrogen-bond donors (Lipinski definition) is 0. The standard InChI is InChI=1S/C7H11NSe/c1-8(2)6-7-4-3-5-9-7/h3-5H,6H2,1-2H3. The number of rotatable bonds is 2. The third-order valence-electron chi connectivity index (χ3n) is 1.05. The van der Waals surface area contributed by atoms with Crippen molar-refractivity contribution in [2.24, 2.45) is 0 Å². The summed E-state index contributed by atoms with van der Waals surface area (Å²) in [6.45, 7) is 1.13. The first-order valence-electron chi connectivity index (χ1n) is 2.96. The van der Waals surface area contributed by atoms with Crippen LogP contribution in [0.2, 0.25) is 0 Å². The van der Waals surface area contributed by atoms with Crippen LogP contribution in [0.5, 0.6) is 0 Å². The fourth-order valence-electron chi connectivity index (χ4n) is 0.714. The van der Waals surface area contributed by atoms with Gasteiger partial charge in [-0.2, -0.15) is 0 Å². The zero-order valence-electron chi connectivity index (χ0n) is 5.79. The van der Waals surface area contributed by atoms with Crippen LogP contribution in [0.15, 0.2) is 17.1 Å². The molecule has 0 aromatic carbocycles. The van der Waals surface area contributed by atoms with Crippen LogP contribution >= 0.6 is 0 Å². The Morgan fingerprint density at radius 3 is 2.78 bits per heavy atom. The fraction of sp³-hybridized carbons (Fsp3) is 0.429. The molecule has 50 valence electrons. The molecule has 0 aliphatic carbocycles. The topological polar surface area (TPSA) is 3.24 Å². The summed E-state index contributed by atoms with van der Waals surface area (Å²) in [7, 11) is 4.21. The van der Waals surface area contributed by atoms with E-state index in [1.165, 1.54) is 0 Å². The zero-order chi connectivity index (χ0) is 6.69. The van der Waals surface area contributed by atoms with Crippen LogP contribution < -0.4 is 0 Å². The molecule has 1 rings (SSSR count). The van der Waals surface area contributed by atoms with Crippen molar-refractivity contribution < 1.29 is 0 Å². The molecule has 0 saturated heterocycles. The number of nitrogens with zero attached hydrogens (tertiary/aromatic N) is 1. The molecule has 9 heavy (non-hydrogen) atoms. The van der Waals surface area contributed by atoms with Crippen LogP contribution in [0.25, 0.3) is 0 Å². The minimum atomic E-state index is 0.657. The van der Waals surface area contributed by atoms with Gasteiger partial charge in [-0.25, -0.2) is 0 Å². The molecule has 0 aliphatic heterocycles. The molecule has 0 unspecified atom stereocenters. The monoisotopic (exact) mass is 189 g/mol. The Bertz CT molecular complexity index is 155. The minimum absolute atomic E-state index is 0.657. The Morgan fingerprint density at radius 2 is 2.33 bits per heavy atom. The average molecular weight is 188 g/mol. The molecule has 0 atom stereocenters. The van der Waals surface area contributed by atoms with Gasteiger partial charge in [0, 0.05) is 0 Å². The fourth-order valence-corrected chi connectivity index (χ4v) is 2.44. The summed E-state index contributed by atoms with van der Waals surface area (Å²) >= 11 is 0.657. The van der Waals surface area contributed by atoms with E-state index in [0.717, 1.165) is 6.54 Å². The van der Waals surface area contributed by atoms with Crippen molar-refractivity contribution in [1.82, 2.24) is 4.90 Å². The molecule has 0 fully saturated rings. The second-order valence-electron chi connectivity index (χ2n) is 2.32. The Balaban J connectivity index is 2.48. The molecule has 1 nitrogen and oxygen atoms in total. The van der Waals surface area contributed by atoms with Gasteiger partial charge in [0.15, 0.2) is 0 Å². The van der Waals surface area contributed by atoms with E-state index in [2.05, 4.69) is 36.1 Å². The van der Waals surface area contributed by atoms with Crippen molar-refractivity contribution in [3.8, 4) is 0 Å². The van der Waals surface area contributed by atoms with Gasteiger partial charge in [-0.1, -0.05) is 0 Å². The third-order valence-corrected chi connectivity index (χ3v) is 2.86. The molecule has 1 heterocycles. The van der Waals surface area contributed by atoms with E-state index in [9.17, 15) is 0 Å². The van der Waals surface area contributed by atoms with Crippen molar-refractivity contribution in [2.75, 3.05) is 14.1 Å². The molecule has 0 aliphatic rings. The molecule has 1 aromatic rings. The van der Waals surface area contributed by atoms with Gasteiger partial charge >= 0.3 is 61.6 Å². The van der Waals surface area contributed by atoms with Gasteiger partial charge in [-0.15, -0.1) is 0 Å². The van der Waals surface area contributed by atoms with Gasteiger partial charge in [0.2, 0.25) is 0 Å². The first kappa shape index (κ1) is 7.07. The molecule has 1 aromatic heterocycles. The summed E-state index contributed by atoms with van der Waals surface area (Å²) in [5.41, 5.74) is 0. The summed E-state index contributed by atoms with van der Waals surface area (Å²) < 4.78 is 1.58. The van der Waals surface area contributed by atoms with Crippen molar-refractivity contribution in [1.29, 1.82) is 0 Å². The van der Waals surface area contributed by atoms with Crippen molar-refractivity contribution in [3.05, 3.63) is 21.5 Å².